The summed E-state index contributed by atoms with van der Waals surface area (Å²) in [4.78, 5) is 11.7. The second-order valence-electron chi connectivity index (χ2n) is 4.57. The van der Waals surface area contributed by atoms with Crippen LogP contribution in [0.2, 0.25) is 0 Å². The van der Waals surface area contributed by atoms with Gasteiger partial charge < -0.3 is 15.1 Å². The number of nitrogens with two attached hydrogens (primary N) is 1. The third-order valence-corrected chi connectivity index (χ3v) is 2.91. The number of furan rings is 1. The molecule has 2 atom stereocenters. The van der Waals surface area contributed by atoms with Gasteiger partial charge in [0.1, 0.15) is 6.04 Å². The predicted molar refractivity (Wildman–Crippen MR) is 59.7 cm³/mol. The Morgan fingerprint density at radius 3 is 2.88 bits per heavy atom. The van der Waals surface area contributed by atoms with Gasteiger partial charge in [-0.15, -0.1) is 0 Å². The number of amides is 1. The van der Waals surface area contributed by atoms with Crippen LogP contribution in [0.15, 0.2) is 22.8 Å². The molecule has 1 saturated carbocycles. The summed E-state index contributed by atoms with van der Waals surface area (Å²) in [5, 5.41) is 5.03. The molecule has 4 heteroatoms. The zero-order valence-electron chi connectivity index (χ0n) is 9.77. The minimum Gasteiger partial charge on any atom is -0.463 e. The van der Waals surface area contributed by atoms with Gasteiger partial charge in [-0.05, 0) is 38.8 Å². The van der Waals surface area contributed by atoms with E-state index in [1.807, 2.05) is 31.3 Å². The van der Waals surface area contributed by atoms with Crippen molar-refractivity contribution in [3.8, 4) is 0 Å². The number of rotatable bonds is 5. The van der Waals surface area contributed by atoms with Gasteiger partial charge in [-0.25, -0.2) is 0 Å². The Labute approximate surface area is 95.4 Å². The highest BCUT2D eigenvalue weighted by atomic mass is 16.3. The summed E-state index contributed by atoms with van der Waals surface area (Å²) in [5.41, 5.74) is 0. The van der Waals surface area contributed by atoms with Crippen LogP contribution >= 0.6 is 0 Å². The third-order valence-electron chi connectivity index (χ3n) is 2.91. The molecule has 88 valence electrons. The molecule has 0 bridgehead atoms. The van der Waals surface area contributed by atoms with Crippen LogP contribution in [0.5, 0.6) is 0 Å². The van der Waals surface area contributed by atoms with E-state index in [9.17, 15) is 4.79 Å². The van der Waals surface area contributed by atoms with E-state index in [0.29, 0.717) is 6.04 Å². The zero-order chi connectivity index (χ0) is 11.5. The lowest BCUT2D eigenvalue weighted by molar-refractivity contribution is -0.712. The van der Waals surface area contributed by atoms with Gasteiger partial charge >= 0.3 is 0 Å². The maximum Gasteiger partial charge on any atom is 0.278 e. The first-order valence-corrected chi connectivity index (χ1v) is 5.85. The summed E-state index contributed by atoms with van der Waals surface area (Å²) in [5.74, 6) is 1.03. The number of carbonyl (C=O) groups excluding carboxylic acids is 1. The first-order valence-electron chi connectivity index (χ1n) is 5.85. The van der Waals surface area contributed by atoms with E-state index in [2.05, 4.69) is 5.32 Å². The van der Waals surface area contributed by atoms with Gasteiger partial charge in [0.2, 0.25) is 0 Å². The molecule has 1 heterocycles. The normalized spacial score (nSPS) is 19.1. The fourth-order valence-electron chi connectivity index (χ4n) is 1.73. The largest absolute Gasteiger partial charge is 0.463 e. The maximum atomic E-state index is 11.7. The Morgan fingerprint density at radius 2 is 2.31 bits per heavy atom. The highest BCUT2D eigenvalue weighted by Gasteiger charge is 2.28. The molecule has 1 aliphatic carbocycles. The average Bonchev–Trinajstić information content (AvgIpc) is 2.89. The lowest BCUT2D eigenvalue weighted by Crippen LogP contribution is -2.92. The van der Waals surface area contributed by atoms with Gasteiger partial charge in [0.25, 0.3) is 5.91 Å². The molecule has 1 aliphatic rings. The fourth-order valence-corrected chi connectivity index (χ4v) is 1.73. The zero-order valence-corrected chi connectivity index (χ0v) is 9.77. The fraction of sp³-hybridized carbons (Fsp3) is 0.583. The Morgan fingerprint density at radius 1 is 1.56 bits per heavy atom. The Hall–Kier alpha value is -1.29. The van der Waals surface area contributed by atoms with Crippen LogP contribution < -0.4 is 10.6 Å². The highest BCUT2D eigenvalue weighted by molar-refractivity contribution is 5.80. The van der Waals surface area contributed by atoms with Crippen LogP contribution in [-0.4, -0.2) is 18.0 Å². The minimum atomic E-state index is -0.0688. The monoisotopic (exact) mass is 223 g/mol. The van der Waals surface area contributed by atoms with Crippen LogP contribution in [0.4, 0.5) is 0 Å². The van der Waals surface area contributed by atoms with Crippen LogP contribution in [0.1, 0.15) is 38.5 Å². The van der Waals surface area contributed by atoms with Gasteiger partial charge in [-0.2, -0.15) is 0 Å². The summed E-state index contributed by atoms with van der Waals surface area (Å²) in [6.07, 6.45) is 3.92. The maximum absolute atomic E-state index is 11.7. The van der Waals surface area contributed by atoms with Crippen molar-refractivity contribution in [1.29, 1.82) is 0 Å². The number of quaternary nitrogens is 1. The number of hydrogen-bond donors (Lipinski definition) is 2. The van der Waals surface area contributed by atoms with Crippen molar-refractivity contribution in [2.24, 2.45) is 0 Å². The van der Waals surface area contributed by atoms with E-state index in [1.165, 1.54) is 0 Å². The topological polar surface area (TPSA) is 58.9 Å². The van der Waals surface area contributed by atoms with Crippen molar-refractivity contribution < 1.29 is 14.5 Å². The quantitative estimate of drug-likeness (QED) is 0.766. The van der Waals surface area contributed by atoms with E-state index in [-0.39, 0.29) is 18.0 Å². The molecule has 0 aliphatic heterocycles. The molecule has 0 aromatic carbocycles. The van der Waals surface area contributed by atoms with Gasteiger partial charge in [0.15, 0.2) is 11.8 Å². The van der Waals surface area contributed by atoms with Gasteiger partial charge in [0.05, 0.1) is 6.26 Å². The van der Waals surface area contributed by atoms with E-state index >= 15 is 0 Å². The summed E-state index contributed by atoms with van der Waals surface area (Å²) < 4.78 is 5.31. The highest BCUT2D eigenvalue weighted by Crippen LogP contribution is 2.18. The van der Waals surface area contributed by atoms with Crippen molar-refractivity contribution in [2.75, 3.05) is 0 Å². The third kappa shape index (κ3) is 2.85. The standard InChI is InChI=1S/C12H18N2O2/c1-8(11-4-3-7-16-11)13-9(2)12(15)14-10-5-6-10/h3-4,7-10,13H,5-6H2,1-2H3,(H,14,15)/p+1/t8-,9+/m1/s1. The average molecular weight is 223 g/mol. The molecule has 4 nitrogen and oxygen atoms in total. The Kier molecular flexibility index (Phi) is 3.29. The van der Waals surface area contributed by atoms with Crippen molar-refractivity contribution >= 4 is 5.91 Å². The molecule has 1 amide bonds. The molecule has 0 saturated heterocycles. The van der Waals surface area contributed by atoms with Gasteiger partial charge in [0, 0.05) is 6.04 Å². The number of carbonyl (C=O) groups is 1. The van der Waals surface area contributed by atoms with E-state index < -0.39 is 0 Å². The summed E-state index contributed by atoms with van der Waals surface area (Å²) >= 11 is 0. The van der Waals surface area contributed by atoms with Crippen molar-refractivity contribution in [1.82, 2.24) is 5.32 Å². The molecule has 1 fully saturated rings. The van der Waals surface area contributed by atoms with Crippen LogP contribution in [-0.2, 0) is 4.79 Å². The minimum absolute atomic E-state index is 0.0688. The predicted octanol–water partition coefficient (Wildman–Crippen LogP) is 0.571. The Bertz CT molecular complexity index is 344. The summed E-state index contributed by atoms with van der Waals surface area (Å²) in [7, 11) is 0. The van der Waals surface area contributed by atoms with Crippen LogP contribution in [0, 0.1) is 0 Å². The molecular formula is C12H19N2O2+. The van der Waals surface area contributed by atoms with E-state index in [1.54, 1.807) is 6.26 Å². The van der Waals surface area contributed by atoms with E-state index in [0.717, 1.165) is 18.6 Å². The lowest BCUT2D eigenvalue weighted by atomic mass is 10.2. The molecule has 0 radical (unpaired) electrons. The number of nitrogens with one attached hydrogen (secondary N) is 1. The van der Waals surface area contributed by atoms with Crippen LogP contribution in [0.3, 0.4) is 0 Å². The number of hydrogen-bond acceptors (Lipinski definition) is 2. The first-order chi connectivity index (χ1) is 7.66. The SMILES string of the molecule is C[C@H]([NH2+][C@H](C)c1ccco1)C(=O)NC1CC1. The molecular weight excluding hydrogens is 204 g/mol. The van der Waals surface area contributed by atoms with E-state index in [4.69, 9.17) is 4.42 Å². The molecule has 1 aromatic heterocycles. The second-order valence-corrected chi connectivity index (χ2v) is 4.57. The summed E-state index contributed by atoms with van der Waals surface area (Å²) in [6, 6.07) is 4.35. The first kappa shape index (κ1) is 11.2. The second kappa shape index (κ2) is 4.70. The molecule has 0 unspecified atom stereocenters. The molecule has 2 rings (SSSR count). The lowest BCUT2D eigenvalue weighted by Gasteiger charge is -2.14. The van der Waals surface area contributed by atoms with Gasteiger partial charge in [-0.1, -0.05) is 0 Å². The molecule has 0 spiro atoms. The molecule has 16 heavy (non-hydrogen) atoms. The van der Waals surface area contributed by atoms with Crippen molar-refractivity contribution in [2.45, 2.75) is 44.8 Å². The Balaban J connectivity index is 1.81. The molecule has 1 aromatic rings. The van der Waals surface area contributed by atoms with Gasteiger partial charge in [-0.3, -0.25) is 4.79 Å². The smallest absolute Gasteiger partial charge is 0.278 e. The van der Waals surface area contributed by atoms with Crippen molar-refractivity contribution in [3.05, 3.63) is 24.2 Å². The summed E-state index contributed by atoms with van der Waals surface area (Å²) in [6.45, 7) is 3.97. The van der Waals surface area contributed by atoms with Crippen LogP contribution in [0.25, 0.3) is 0 Å². The molecule has 3 N–H and O–H groups in total. The van der Waals surface area contributed by atoms with Crippen molar-refractivity contribution in [3.63, 3.8) is 0 Å².